The van der Waals surface area contributed by atoms with E-state index in [-0.39, 0.29) is 6.54 Å². The zero-order chi connectivity index (χ0) is 12.3. The monoisotopic (exact) mass is 188 g/mol. The third-order valence-corrected chi connectivity index (χ3v) is 2.33. The number of hydrogen-bond acceptors (Lipinski definition) is 1. The third kappa shape index (κ3) is 12.0. The summed E-state index contributed by atoms with van der Waals surface area (Å²) in [5, 5.41) is 2.97. The van der Waals surface area contributed by atoms with Crippen LogP contribution in [0.25, 0.3) is 0 Å². The van der Waals surface area contributed by atoms with Gasteiger partial charge in [0.2, 0.25) is 0 Å². The SMILES string of the molecule is [2H]C([2H])([2H])CNCCCCCCCCCC. The molecule has 1 N–H and O–H groups in total. The maximum Gasteiger partial charge on any atom is 0.0243 e. The molecule has 0 aromatic rings. The second-order valence-corrected chi connectivity index (χ2v) is 3.65. The fraction of sp³-hybridized carbons (Fsp3) is 1.00. The summed E-state index contributed by atoms with van der Waals surface area (Å²) < 4.78 is 21.0. The molecule has 80 valence electrons. The molecule has 1 nitrogen and oxygen atoms in total. The molecule has 0 aliphatic heterocycles. The Morgan fingerprint density at radius 3 is 2.15 bits per heavy atom. The Labute approximate surface area is 88.5 Å². The van der Waals surface area contributed by atoms with Crippen molar-refractivity contribution in [1.29, 1.82) is 0 Å². The van der Waals surface area contributed by atoms with Crippen molar-refractivity contribution in [2.45, 2.75) is 65.1 Å². The van der Waals surface area contributed by atoms with Crippen LogP contribution in [-0.2, 0) is 0 Å². The average Bonchev–Trinajstić information content (AvgIpc) is 2.19. The Hall–Kier alpha value is -0.0400. The smallest absolute Gasteiger partial charge is 0.0243 e. The molecule has 0 rings (SSSR count). The van der Waals surface area contributed by atoms with E-state index in [2.05, 4.69) is 12.2 Å². The molecule has 0 unspecified atom stereocenters. The number of rotatable bonds is 10. The van der Waals surface area contributed by atoms with Crippen LogP contribution >= 0.6 is 0 Å². The van der Waals surface area contributed by atoms with Gasteiger partial charge in [-0.15, -0.1) is 0 Å². The molecule has 0 saturated heterocycles. The largest absolute Gasteiger partial charge is 0.317 e. The first kappa shape index (κ1) is 8.28. The summed E-state index contributed by atoms with van der Waals surface area (Å²) >= 11 is 0. The van der Waals surface area contributed by atoms with Crippen molar-refractivity contribution in [3.05, 3.63) is 0 Å². The Bertz CT molecular complexity index is 146. The van der Waals surface area contributed by atoms with Crippen LogP contribution in [0.5, 0.6) is 0 Å². The fourth-order valence-corrected chi connectivity index (χ4v) is 1.47. The number of unbranched alkanes of at least 4 members (excludes halogenated alkanes) is 7. The Balaban J connectivity index is 2.99. The van der Waals surface area contributed by atoms with Crippen LogP contribution in [0.4, 0.5) is 0 Å². The van der Waals surface area contributed by atoms with E-state index in [1.54, 1.807) is 0 Å². The van der Waals surface area contributed by atoms with Crippen molar-refractivity contribution in [3.63, 3.8) is 0 Å². The van der Waals surface area contributed by atoms with Gasteiger partial charge in [0.1, 0.15) is 0 Å². The van der Waals surface area contributed by atoms with E-state index in [9.17, 15) is 0 Å². The van der Waals surface area contributed by atoms with Gasteiger partial charge in [-0.05, 0) is 19.5 Å². The van der Waals surface area contributed by atoms with Crippen molar-refractivity contribution < 1.29 is 4.11 Å². The summed E-state index contributed by atoms with van der Waals surface area (Å²) in [5.41, 5.74) is 0. The van der Waals surface area contributed by atoms with E-state index in [1.165, 1.54) is 44.9 Å². The summed E-state index contributed by atoms with van der Waals surface area (Å²) in [6.07, 6.45) is 10.3. The van der Waals surface area contributed by atoms with E-state index < -0.39 is 6.85 Å². The van der Waals surface area contributed by atoms with Gasteiger partial charge >= 0.3 is 0 Å². The molecule has 0 aromatic carbocycles. The van der Waals surface area contributed by atoms with E-state index in [1.807, 2.05) is 0 Å². The van der Waals surface area contributed by atoms with Gasteiger partial charge in [0.15, 0.2) is 0 Å². The predicted molar refractivity (Wildman–Crippen MR) is 61.2 cm³/mol. The van der Waals surface area contributed by atoms with Crippen LogP contribution in [0.1, 0.15) is 69.3 Å². The molecule has 0 atom stereocenters. The minimum atomic E-state index is -1.82. The Kier molecular flexibility index (Phi) is 7.62. The van der Waals surface area contributed by atoms with Crippen LogP contribution in [0, 0.1) is 0 Å². The molecule has 0 bridgehead atoms. The summed E-state index contributed by atoms with van der Waals surface area (Å²) in [7, 11) is 0. The van der Waals surface area contributed by atoms with Crippen LogP contribution in [-0.4, -0.2) is 13.1 Å². The van der Waals surface area contributed by atoms with Crippen LogP contribution in [0.2, 0.25) is 0 Å². The normalized spacial score (nSPS) is 15.0. The van der Waals surface area contributed by atoms with Gasteiger partial charge in [-0.3, -0.25) is 0 Å². The molecule has 0 fully saturated rings. The van der Waals surface area contributed by atoms with E-state index in [0.717, 1.165) is 13.0 Å². The minimum absolute atomic E-state index is 0.142. The summed E-state index contributed by atoms with van der Waals surface area (Å²) in [6.45, 7) is 1.40. The molecule has 0 spiro atoms. The summed E-state index contributed by atoms with van der Waals surface area (Å²) in [6, 6.07) is 0. The number of hydrogen-bond donors (Lipinski definition) is 1. The van der Waals surface area contributed by atoms with Crippen molar-refractivity contribution >= 4 is 0 Å². The molecule has 0 heterocycles. The highest BCUT2D eigenvalue weighted by atomic mass is 14.8. The zero-order valence-electron chi connectivity index (χ0n) is 12.1. The second-order valence-electron chi connectivity index (χ2n) is 3.65. The summed E-state index contributed by atoms with van der Waals surface area (Å²) in [5.74, 6) is 0. The molecule has 1 heteroatoms. The van der Waals surface area contributed by atoms with Gasteiger partial charge in [-0.25, -0.2) is 0 Å². The van der Waals surface area contributed by atoms with E-state index in [4.69, 9.17) is 4.11 Å². The molecule has 13 heavy (non-hydrogen) atoms. The average molecular weight is 188 g/mol. The second kappa shape index (κ2) is 12.0. The number of nitrogens with one attached hydrogen (secondary N) is 1. The molecular formula is C12H27N. The minimum Gasteiger partial charge on any atom is -0.317 e. The van der Waals surface area contributed by atoms with Gasteiger partial charge in [0.05, 0.1) is 0 Å². The van der Waals surface area contributed by atoms with Gasteiger partial charge in [0, 0.05) is 4.11 Å². The van der Waals surface area contributed by atoms with Gasteiger partial charge in [-0.2, -0.15) is 0 Å². The lowest BCUT2D eigenvalue weighted by Crippen LogP contribution is -2.13. The van der Waals surface area contributed by atoms with Crippen molar-refractivity contribution in [2.75, 3.05) is 13.1 Å². The lowest BCUT2D eigenvalue weighted by Gasteiger charge is -2.01. The maximum atomic E-state index is 7.01. The van der Waals surface area contributed by atoms with E-state index >= 15 is 0 Å². The van der Waals surface area contributed by atoms with Crippen molar-refractivity contribution in [1.82, 2.24) is 5.32 Å². The quantitative estimate of drug-likeness (QED) is 0.515. The van der Waals surface area contributed by atoms with Crippen LogP contribution in [0.3, 0.4) is 0 Å². The van der Waals surface area contributed by atoms with Crippen molar-refractivity contribution in [2.24, 2.45) is 0 Å². The Morgan fingerprint density at radius 2 is 1.54 bits per heavy atom. The molecule has 0 radical (unpaired) electrons. The lowest BCUT2D eigenvalue weighted by atomic mass is 10.1. The highest BCUT2D eigenvalue weighted by Gasteiger charge is 1.90. The molecule has 0 saturated carbocycles. The lowest BCUT2D eigenvalue weighted by molar-refractivity contribution is 0.560. The molecular weight excluding hydrogens is 158 g/mol. The topological polar surface area (TPSA) is 12.0 Å². The third-order valence-electron chi connectivity index (χ3n) is 2.33. The fourth-order valence-electron chi connectivity index (χ4n) is 1.47. The van der Waals surface area contributed by atoms with Gasteiger partial charge in [0.25, 0.3) is 0 Å². The first-order valence-electron chi connectivity index (χ1n) is 7.27. The van der Waals surface area contributed by atoms with Crippen LogP contribution in [0.15, 0.2) is 0 Å². The highest BCUT2D eigenvalue weighted by Crippen LogP contribution is 2.07. The molecule has 0 amide bonds. The van der Waals surface area contributed by atoms with Gasteiger partial charge in [-0.1, -0.05) is 58.7 Å². The van der Waals surface area contributed by atoms with Crippen LogP contribution < -0.4 is 5.32 Å². The molecule has 0 aliphatic carbocycles. The molecule has 0 aromatic heterocycles. The summed E-state index contributed by atoms with van der Waals surface area (Å²) in [4.78, 5) is 0. The van der Waals surface area contributed by atoms with Gasteiger partial charge < -0.3 is 5.32 Å². The van der Waals surface area contributed by atoms with Crippen molar-refractivity contribution in [3.8, 4) is 0 Å². The molecule has 0 aliphatic rings. The predicted octanol–water partition coefficient (Wildman–Crippen LogP) is 3.74. The first-order chi connectivity index (χ1) is 7.56. The highest BCUT2D eigenvalue weighted by molar-refractivity contribution is 4.48. The first-order valence-corrected chi connectivity index (χ1v) is 5.77. The standard InChI is InChI=1S/C12H27N/c1-3-5-6-7-8-9-10-11-12-13-4-2/h13H,3-12H2,1-2H3/i2D3. The zero-order valence-corrected chi connectivity index (χ0v) is 9.07. The van der Waals surface area contributed by atoms with E-state index in [0.29, 0.717) is 0 Å². The Morgan fingerprint density at radius 1 is 0.923 bits per heavy atom. The maximum absolute atomic E-state index is 7.01.